The normalized spacial score (nSPS) is 15.8. The summed E-state index contributed by atoms with van der Waals surface area (Å²) < 4.78 is 153. The molecule has 1 N–H and O–H groups in total. The van der Waals surface area contributed by atoms with E-state index < -0.39 is 65.2 Å². The molecule has 1 unspecified atom stereocenters. The largest absolute Gasteiger partial charge is 0.431 e. The number of hydrogen-bond donors (Lipinski definition) is 1. The molecule has 15 heteroatoms. The van der Waals surface area contributed by atoms with Crippen LogP contribution in [0.5, 0.6) is 0 Å². The lowest BCUT2D eigenvalue weighted by molar-refractivity contribution is -0.352. The lowest BCUT2D eigenvalue weighted by atomic mass is 9.87. The number of halogens is 10. The molecule has 0 heterocycles. The van der Waals surface area contributed by atoms with Gasteiger partial charge >= 0.3 is 18.5 Å². The summed E-state index contributed by atoms with van der Waals surface area (Å²) in [5.74, 6) is -4.29. The third-order valence-electron chi connectivity index (χ3n) is 3.96. The molecular formula is C14H22F10N2O2S. The average Bonchev–Trinajstić information content (AvgIpc) is 2.47. The van der Waals surface area contributed by atoms with Crippen molar-refractivity contribution >= 4 is 10.0 Å². The quantitative estimate of drug-likeness (QED) is 0.365. The summed E-state index contributed by atoms with van der Waals surface area (Å²) in [6.07, 6.45) is -23.7. The number of hydrogen-bond acceptors (Lipinski definition) is 3. The maximum Gasteiger partial charge on any atom is 0.431 e. The van der Waals surface area contributed by atoms with Crippen LogP contribution in [-0.2, 0) is 10.0 Å². The van der Waals surface area contributed by atoms with Crippen molar-refractivity contribution in [1.29, 1.82) is 0 Å². The Hall–Kier alpha value is -0.830. The van der Waals surface area contributed by atoms with Crippen molar-refractivity contribution in [1.82, 2.24) is 9.62 Å². The van der Waals surface area contributed by atoms with Crippen molar-refractivity contribution in [3.63, 3.8) is 0 Å². The Morgan fingerprint density at radius 2 is 1.34 bits per heavy atom. The third-order valence-corrected chi connectivity index (χ3v) is 5.43. The summed E-state index contributed by atoms with van der Waals surface area (Å²) in [4.78, 5) is 1.73. The minimum atomic E-state index is -6.62. The van der Waals surface area contributed by atoms with Crippen molar-refractivity contribution < 1.29 is 52.3 Å². The van der Waals surface area contributed by atoms with E-state index in [2.05, 4.69) is 4.72 Å². The SMILES string of the molecule is CN(C)CCCNS(=O)(=O)CCCC(CC(F)(C(F)(F)F)C(F)(F)F)C(F)(F)F. The number of alkyl halides is 10. The van der Waals surface area contributed by atoms with Gasteiger partial charge in [-0.15, -0.1) is 0 Å². The molecule has 176 valence electrons. The van der Waals surface area contributed by atoms with Crippen LogP contribution in [0.1, 0.15) is 25.7 Å². The number of sulfonamides is 1. The summed E-state index contributed by atoms with van der Waals surface area (Å²) in [6.45, 7) is 0.436. The summed E-state index contributed by atoms with van der Waals surface area (Å²) in [5, 5.41) is 0. The molecule has 0 fully saturated rings. The lowest BCUT2D eigenvalue weighted by Gasteiger charge is -2.33. The van der Waals surface area contributed by atoms with Gasteiger partial charge in [0.2, 0.25) is 10.0 Å². The van der Waals surface area contributed by atoms with E-state index in [0.29, 0.717) is 13.0 Å². The molecule has 29 heavy (non-hydrogen) atoms. The summed E-state index contributed by atoms with van der Waals surface area (Å²) in [6, 6.07) is 0. The first-order valence-corrected chi connectivity index (χ1v) is 9.89. The predicted octanol–water partition coefficient (Wildman–Crippen LogP) is 4.04. The number of nitrogens with one attached hydrogen (secondary N) is 1. The molecular weight excluding hydrogens is 450 g/mol. The van der Waals surface area contributed by atoms with Gasteiger partial charge in [0.05, 0.1) is 11.7 Å². The average molecular weight is 472 g/mol. The highest BCUT2D eigenvalue weighted by Gasteiger charge is 2.73. The monoisotopic (exact) mass is 472 g/mol. The van der Waals surface area contributed by atoms with E-state index in [1.807, 2.05) is 0 Å². The molecule has 1 atom stereocenters. The van der Waals surface area contributed by atoms with Gasteiger partial charge < -0.3 is 4.90 Å². The van der Waals surface area contributed by atoms with Gasteiger partial charge in [-0.1, -0.05) is 0 Å². The van der Waals surface area contributed by atoms with Gasteiger partial charge in [0.1, 0.15) is 0 Å². The molecule has 0 aliphatic rings. The smallest absolute Gasteiger partial charge is 0.309 e. The lowest BCUT2D eigenvalue weighted by Crippen LogP contribution is -2.55. The Morgan fingerprint density at radius 3 is 1.72 bits per heavy atom. The topological polar surface area (TPSA) is 49.4 Å². The first-order chi connectivity index (χ1) is 12.7. The zero-order chi connectivity index (χ0) is 23.3. The summed E-state index contributed by atoms with van der Waals surface area (Å²) in [5.41, 5.74) is -6.07. The second kappa shape index (κ2) is 9.98. The molecule has 0 saturated heterocycles. The van der Waals surface area contributed by atoms with Crippen molar-refractivity contribution in [2.45, 2.75) is 49.9 Å². The zero-order valence-corrected chi connectivity index (χ0v) is 16.3. The van der Waals surface area contributed by atoms with Crippen LogP contribution < -0.4 is 4.72 Å². The molecule has 0 saturated carbocycles. The predicted molar refractivity (Wildman–Crippen MR) is 84.3 cm³/mol. The van der Waals surface area contributed by atoms with Gasteiger partial charge in [0.15, 0.2) is 0 Å². The molecule has 0 radical (unpaired) electrons. The highest BCUT2D eigenvalue weighted by atomic mass is 32.2. The Labute approximate surface area is 161 Å². The van der Waals surface area contributed by atoms with Crippen molar-refractivity contribution in [3.8, 4) is 0 Å². The highest BCUT2D eigenvalue weighted by molar-refractivity contribution is 7.89. The van der Waals surface area contributed by atoms with Gasteiger partial charge in [0.25, 0.3) is 5.67 Å². The Bertz CT molecular complexity index is 585. The van der Waals surface area contributed by atoms with Gasteiger partial charge in [-0.2, -0.15) is 39.5 Å². The zero-order valence-electron chi connectivity index (χ0n) is 15.5. The second-order valence-corrected chi connectivity index (χ2v) is 8.68. The summed E-state index contributed by atoms with van der Waals surface area (Å²) >= 11 is 0. The third kappa shape index (κ3) is 9.24. The minimum Gasteiger partial charge on any atom is -0.309 e. The molecule has 4 nitrogen and oxygen atoms in total. The summed E-state index contributed by atoms with van der Waals surface area (Å²) in [7, 11) is -0.681. The van der Waals surface area contributed by atoms with E-state index in [1.54, 1.807) is 19.0 Å². The first-order valence-electron chi connectivity index (χ1n) is 8.24. The van der Waals surface area contributed by atoms with Gasteiger partial charge in [-0.05, 0) is 39.9 Å². The molecule has 0 bridgehead atoms. The molecule has 0 rings (SSSR count). The minimum absolute atomic E-state index is 0.0566. The second-order valence-electron chi connectivity index (χ2n) is 6.75. The molecule has 0 spiro atoms. The van der Waals surface area contributed by atoms with Crippen LogP contribution >= 0.6 is 0 Å². The van der Waals surface area contributed by atoms with E-state index in [1.165, 1.54) is 0 Å². The highest BCUT2D eigenvalue weighted by Crippen LogP contribution is 2.52. The standard InChI is InChI=1S/C14H22F10N2O2S/c1-26(2)7-4-6-25-29(27,28)8-3-5-10(12(16,17)18)9-11(15,13(19,20)21)14(22,23)24/h10,25H,3-9H2,1-2H3. The van der Waals surface area contributed by atoms with E-state index in [9.17, 15) is 52.3 Å². The molecule has 0 aromatic heterocycles. The van der Waals surface area contributed by atoms with Crippen molar-refractivity contribution in [2.24, 2.45) is 5.92 Å². The number of rotatable bonds is 11. The Balaban J connectivity index is 5.09. The van der Waals surface area contributed by atoms with Crippen LogP contribution in [-0.4, -0.2) is 70.5 Å². The van der Waals surface area contributed by atoms with Crippen molar-refractivity contribution in [3.05, 3.63) is 0 Å². The molecule has 0 aromatic carbocycles. The fourth-order valence-corrected chi connectivity index (χ4v) is 3.47. The van der Waals surface area contributed by atoms with E-state index in [0.717, 1.165) is 0 Å². The van der Waals surface area contributed by atoms with E-state index >= 15 is 0 Å². The molecule has 0 aliphatic carbocycles. The maximum atomic E-state index is 13.6. The number of nitrogens with zero attached hydrogens (tertiary/aromatic N) is 1. The van der Waals surface area contributed by atoms with E-state index in [4.69, 9.17) is 0 Å². The fraction of sp³-hybridized carbons (Fsp3) is 1.00. The van der Waals surface area contributed by atoms with Gasteiger partial charge in [-0.3, -0.25) is 0 Å². The fourth-order valence-electron chi connectivity index (χ4n) is 2.33. The van der Waals surface area contributed by atoms with Crippen LogP contribution in [0.4, 0.5) is 43.9 Å². The van der Waals surface area contributed by atoms with Crippen LogP contribution in [0.15, 0.2) is 0 Å². The maximum absolute atomic E-state index is 13.6. The van der Waals surface area contributed by atoms with Crippen LogP contribution in [0, 0.1) is 5.92 Å². The Morgan fingerprint density at radius 1 is 0.862 bits per heavy atom. The molecule has 0 aliphatic heterocycles. The van der Waals surface area contributed by atoms with Crippen LogP contribution in [0.25, 0.3) is 0 Å². The van der Waals surface area contributed by atoms with Crippen LogP contribution in [0.2, 0.25) is 0 Å². The van der Waals surface area contributed by atoms with Crippen molar-refractivity contribution in [2.75, 3.05) is 32.9 Å². The van der Waals surface area contributed by atoms with Gasteiger partial charge in [-0.25, -0.2) is 17.5 Å². The van der Waals surface area contributed by atoms with Crippen LogP contribution in [0.3, 0.4) is 0 Å². The molecule has 0 aromatic rings. The molecule has 0 amide bonds. The van der Waals surface area contributed by atoms with E-state index in [-0.39, 0.29) is 6.54 Å². The Kier molecular flexibility index (Phi) is 9.70. The van der Waals surface area contributed by atoms with Gasteiger partial charge in [0, 0.05) is 13.0 Å². The first kappa shape index (κ1) is 28.2.